The van der Waals surface area contributed by atoms with Gasteiger partial charge in [0.05, 0.1) is 0 Å². The van der Waals surface area contributed by atoms with Crippen LogP contribution in [0, 0.1) is 33.3 Å². The van der Waals surface area contributed by atoms with Crippen molar-refractivity contribution in [3.63, 3.8) is 0 Å². The van der Waals surface area contributed by atoms with Gasteiger partial charge in [-0.1, -0.05) is 33.3 Å². The molecule has 0 bridgehead atoms. The van der Waals surface area contributed by atoms with E-state index in [0.29, 0.717) is 0 Å². The van der Waals surface area contributed by atoms with E-state index in [1.807, 2.05) is 0 Å². The van der Waals surface area contributed by atoms with E-state index in [2.05, 4.69) is 33.3 Å². The zero-order valence-electron chi connectivity index (χ0n) is 15.1. The monoisotopic (exact) mass is 404 g/mol. The van der Waals surface area contributed by atoms with Gasteiger partial charge in [-0.15, -0.1) is 0 Å². The molecular weight excluding hydrogens is 380 g/mol. The highest BCUT2D eigenvalue weighted by molar-refractivity contribution is 6.97. The Morgan fingerprint density at radius 3 is 0.917 bits per heavy atom. The molecule has 0 aliphatic carbocycles. The molecule has 0 heterocycles. The van der Waals surface area contributed by atoms with Gasteiger partial charge in [0.15, 0.2) is 0 Å². The smallest absolute Gasteiger partial charge is 0.391 e. The van der Waals surface area contributed by atoms with Crippen LogP contribution in [-0.2, 0) is 31.0 Å². The van der Waals surface area contributed by atoms with Crippen molar-refractivity contribution < 1.29 is 31.0 Å². The molecule has 11 heteroatoms. The van der Waals surface area contributed by atoms with Gasteiger partial charge in [0.1, 0.15) is 0 Å². The van der Waals surface area contributed by atoms with Crippen LogP contribution in [0.5, 0.6) is 0 Å². The van der Waals surface area contributed by atoms with E-state index in [1.165, 1.54) is 7.11 Å². The summed E-state index contributed by atoms with van der Waals surface area (Å²) in [5.74, 6) is 0. The number of rotatable bonds is 7. The first-order chi connectivity index (χ1) is 11.5. The second-order valence-electron chi connectivity index (χ2n) is 4.10. The Bertz CT molecular complexity index is 454. The highest BCUT2D eigenvalue weighted by atomic mass is 28.4. The fourth-order valence-electron chi connectivity index (χ4n) is 1.37. The van der Waals surface area contributed by atoms with E-state index >= 15 is 0 Å². The van der Waals surface area contributed by atoms with Crippen molar-refractivity contribution >= 4 is 36.2 Å². The summed E-state index contributed by atoms with van der Waals surface area (Å²) < 4.78 is 36.9. The third-order valence-corrected chi connectivity index (χ3v) is 9.37. The molecule has 0 saturated heterocycles. The second kappa shape index (κ2) is 13.5. The first-order valence-electron chi connectivity index (χ1n) is 6.84. The van der Waals surface area contributed by atoms with Gasteiger partial charge in [0.25, 0.3) is 0 Å². The lowest BCUT2D eigenvalue weighted by Crippen LogP contribution is -2.36. The molecule has 7 nitrogen and oxygen atoms in total. The third kappa shape index (κ3) is 8.39. The molecule has 0 unspecified atom stereocenters. The molecule has 0 atom stereocenters. The Hall–Kier alpha value is -0.732. The van der Waals surface area contributed by atoms with Crippen molar-refractivity contribution in [2.45, 2.75) is 0 Å². The van der Waals surface area contributed by atoms with Gasteiger partial charge in [-0.05, 0) is 0 Å². The molecule has 0 aromatic heterocycles. The molecule has 0 N–H and O–H groups in total. The van der Waals surface area contributed by atoms with Crippen LogP contribution in [0.4, 0.5) is 0 Å². The molecule has 0 saturated carbocycles. The summed E-state index contributed by atoms with van der Waals surface area (Å²) in [5, 5.41) is 0. The Morgan fingerprint density at radius 1 is 0.500 bits per heavy atom. The Balaban J connectivity index is 5.84. The van der Waals surface area contributed by atoms with Gasteiger partial charge in [0.2, 0.25) is 0 Å². The summed E-state index contributed by atoms with van der Waals surface area (Å²) in [6.45, 7) is 0. The molecular formula is C13H24O7Si4. The van der Waals surface area contributed by atoms with Gasteiger partial charge in [-0.25, -0.2) is 0 Å². The lowest BCUT2D eigenvalue weighted by atomic mass is 11.3. The highest BCUT2D eigenvalue weighted by Crippen LogP contribution is 2.01. The lowest BCUT2D eigenvalue weighted by molar-refractivity contribution is 0.293. The quantitative estimate of drug-likeness (QED) is 0.373. The van der Waals surface area contributed by atoms with Crippen molar-refractivity contribution in [2.75, 3.05) is 49.8 Å². The standard InChI is InChI=1S/C13H24O7Si4/c1-14-21(15-2)8-11-24(20-7,12-9-22(16-3)17-4)13-10-23(18-5)19-6/h21-23H,1-7H3. The Labute approximate surface area is 150 Å². The first-order valence-corrected chi connectivity index (χ1v) is 13.3. The predicted molar refractivity (Wildman–Crippen MR) is 99.6 cm³/mol. The van der Waals surface area contributed by atoms with Crippen LogP contribution in [0.1, 0.15) is 0 Å². The van der Waals surface area contributed by atoms with Crippen LogP contribution in [-0.4, -0.2) is 85.9 Å². The van der Waals surface area contributed by atoms with E-state index in [0.717, 1.165) is 0 Å². The normalized spacial score (nSPS) is 10.8. The maximum atomic E-state index is 5.61. The van der Waals surface area contributed by atoms with Gasteiger partial charge in [-0.3, -0.25) is 0 Å². The van der Waals surface area contributed by atoms with Crippen molar-refractivity contribution in [3.8, 4) is 33.3 Å². The molecule has 0 aliphatic rings. The first kappa shape index (κ1) is 23.3. The van der Waals surface area contributed by atoms with Gasteiger partial charge in [-0.2, -0.15) is 0 Å². The molecule has 0 aromatic rings. The fourth-order valence-corrected chi connectivity index (χ4v) is 7.00. The summed E-state index contributed by atoms with van der Waals surface area (Å²) in [6, 6.07) is 0. The molecule has 0 amide bonds. The molecule has 0 aliphatic heterocycles. The SMILES string of the molecule is CO[SiH](C#C[Si](C#C[SiH](OC)OC)(C#C[SiH](OC)OC)OC)OC. The molecule has 134 valence electrons. The fraction of sp³-hybridized carbons (Fsp3) is 0.538. The number of hydrogen-bond acceptors (Lipinski definition) is 7. The van der Waals surface area contributed by atoms with E-state index in [1.54, 1.807) is 42.7 Å². The van der Waals surface area contributed by atoms with Gasteiger partial charge < -0.3 is 31.0 Å². The minimum atomic E-state index is -3.01. The molecule has 24 heavy (non-hydrogen) atoms. The average Bonchev–Trinajstić information content (AvgIpc) is 2.63. The summed E-state index contributed by atoms with van der Waals surface area (Å²) >= 11 is 0. The van der Waals surface area contributed by atoms with Crippen molar-refractivity contribution in [1.29, 1.82) is 0 Å². The lowest BCUT2D eigenvalue weighted by Gasteiger charge is -2.12. The predicted octanol–water partition coefficient (Wildman–Crippen LogP) is -1.64. The van der Waals surface area contributed by atoms with E-state index in [4.69, 9.17) is 31.0 Å². The van der Waals surface area contributed by atoms with Crippen molar-refractivity contribution in [2.24, 2.45) is 0 Å². The van der Waals surface area contributed by atoms with Crippen LogP contribution in [0.25, 0.3) is 0 Å². The van der Waals surface area contributed by atoms with Crippen LogP contribution >= 0.6 is 0 Å². The molecule has 0 rings (SSSR count). The van der Waals surface area contributed by atoms with Gasteiger partial charge in [0, 0.05) is 49.8 Å². The Morgan fingerprint density at radius 2 is 0.750 bits per heavy atom. The zero-order chi connectivity index (χ0) is 18.4. The van der Waals surface area contributed by atoms with Gasteiger partial charge >= 0.3 is 36.2 Å². The second-order valence-corrected chi connectivity index (χ2v) is 12.3. The minimum absolute atomic E-state index is 1.53. The maximum absolute atomic E-state index is 5.61. The van der Waals surface area contributed by atoms with E-state index < -0.39 is 36.2 Å². The minimum Gasteiger partial charge on any atom is -0.391 e. The maximum Gasteiger partial charge on any atom is 0.435 e. The molecule has 0 aromatic carbocycles. The van der Waals surface area contributed by atoms with E-state index in [-0.39, 0.29) is 0 Å². The summed E-state index contributed by atoms with van der Waals surface area (Å²) in [4.78, 5) is 0. The van der Waals surface area contributed by atoms with Crippen molar-refractivity contribution in [1.82, 2.24) is 0 Å². The highest BCUT2D eigenvalue weighted by Gasteiger charge is 2.30. The Kier molecular flexibility index (Phi) is 13.1. The largest absolute Gasteiger partial charge is 0.435 e. The van der Waals surface area contributed by atoms with Crippen LogP contribution in [0.15, 0.2) is 0 Å². The zero-order valence-corrected chi connectivity index (χ0v) is 19.6. The molecule has 0 radical (unpaired) electrons. The van der Waals surface area contributed by atoms with Crippen LogP contribution < -0.4 is 0 Å². The molecule has 0 spiro atoms. The van der Waals surface area contributed by atoms with Crippen LogP contribution in [0.3, 0.4) is 0 Å². The third-order valence-electron chi connectivity index (χ3n) is 2.69. The number of hydrogen-bond donors (Lipinski definition) is 0. The topological polar surface area (TPSA) is 64.6 Å². The summed E-state index contributed by atoms with van der Waals surface area (Å²) in [6.07, 6.45) is 0. The van der Waals surface area contributed by atoms with E-state index in [9.17, 15) is 0 Å². The van der Waals surface area contributed by atoms with Crippen LogP contribution in [0.2, 0.25) is 0 Å². The summed E-state index contributed by atoms with van der Waals surface area (Å²) in [7, 11) is 1.62. The summed E-state index contributed by atoms with van der Waals surface area (Å²) in [5.41, 5.74) is 18.1. The van der Waals surface area contributed by atoms with Crippen molar-refractivity contribution in [3.05, 3.63) is 0 Å². The average molecular weight is 405 g/mol. The molecule has 0 fully saturated rings.